The van der Waals surface area contributed by atoms with Crippen molar-refractivity contribution >= 4 is 35.7 Å². The molecule has 0 saturated carbocycles. The molecule has 1 radical (unpaired) electrons. The fraction of sp³-hybridized carbons (Fsp3) is 0.600. The number of hydrogen-bond donors (Lipinski definition) is 0. The molecule has 34 heavy (non-hydrogen) atoms. The van der Waals surface area contributed by atoms with Crippen molar-refractivity contribution in [3.05, 3.63) is 0 Å². The smallest absolute Gasteiger partial charge is 0.769 e. The standard InChI is InChI=1S/2C5H9NO4.ClHO4.ClO.Fe.3Na.3H2O/c2*1-6(2-4(7)8)3-5(9)10;2-1(3,4)5;1-2;;;;;;;/h2*2-3H2,1H3,(H,7,8)(H,9,10);(H,2,3,4,5);;;;;;3*1H2/q;;;-1;+3;3*+1;;;/p-5. The molecular formula is C10H20Cl2FeN2Na3O16. The van der Waals surface area contributed by atoms with Crippen LogP contribution in [0.15, 0.2) is 0 Å². The fourth-order valence-electron chi connectivity index (χ4n) is 0.993. The fourth-order valence-corrected chi connectivity index (χ4v) is 0.993. The zero-order valence-corrected chi connectivity index (χ0v) is 27.3. The topological polar surface area (TPSA) is 377 Å². The maximum atomic E-state index is 9.83. The number of nitrogens with zero attached hydrogens (tertiary/aromatic N) is 2. The summed E-state index contributed by atoms with van der Waals surface area (Å²) in [4.78, 5) is 41.4. The zero-order chi connectivity index (χ0) is 22.8. The molecule has 6 N–H and O–H groups in total. The van der Waals surface area contributed by atoms with Gasteiger partial charge in [-0.1, -0.05) is 0 Å². The van der Waals surface area contributed by atoms with Crippen molar-refractivity contribution in [3.63, 3.8) is 0 Å². The van der Waals surface area contributed by atoms with E-state index >= 15 is 0 Å². The predicted molar refractivity (Wildman–Crippen MR) is 71.7 cm³/mol. The van der Waals surface area contributed by atoms with Crippen LogP contribution in [0, 0.1) is 10.2 Å². The minimum atomic E-state index is -4.94. The van der Waals surface area contributed by atoms with Crippen LogP contribution < -0.4 is 132 Å². The molecule has 0 heterocycles. The monoisotopic (exact) mass is 619 g/mol. The molecule has 0 atom stereocenters. The van der Waals surface area contributed by atoms with Gasteiger partial charge in [0.25, 0.3) is 0 Å². The molecule has 0 spiro atoms. The van der Waals surface area contributed by atoms with Crippen LogP contribution >= 0.6 is 11.9 Å². The maximum Gasteiger partial charge on any atom is 3.00 e. The van der Waals surface area contributed by atoms with Crippen LogP contribution in [0.3, 0.4) is 0 Å². The van der Waals surface area contributed by atoms with Crippen molar-refractivity contribution in [1.29, 1.82) is 0 Å². The van der Waals surface area contributed by atoms with Gasteiger partial charge in [-0.05, 0) is 14.1 Å². The molecule has 0 aromatic rings. The van der Waals surface area contributed by atoms with Crippen LogP contribution in [0.2, 0.25) is 0 Å². The Balaban J connectivity index is -0.0000000235. The van der Waals surface area contributed by atoms with Crippen LogP contribution in [0.4, 0.5) is 0 Å². The molecule has 0 aliphatic carbocycles. The number of rotatable bonds is 8. The van der Waals surface area contributed by atoms with Gasteiger partial charge in [0.05, 0.1) is 23.9 Å². The summed E-state index contributed by atoms with van der Waals surface area (Å²) in [5.74, 6) is -5.21. The second kappa shape index (κ2) is 44.6. The molecule has 0 unspecified atom stereocenters. The summed E-state index contributed by atoms with van der Waals surface area (Å²) in [6.45, 7) is -1.58. The summed E-state index contributed by atoms with van der Waals surface area (Å²) in [7, 11) is -2.24. The third kappa shape index (κ3) is 115. The van der Waals surface area contributed by atoms with E-state index in [-0.39, 0.29) is 122 Å². The molecule has 0 aromatic heterocycles. The van der Waals surface area contributed by atoms with Gasteiger partial charge in [-0.2, -0.15) is 0 Å². The van der Waals surface area contributed by atoms with E-state index in [0.717, 1.165) is 9.80 Å². The second-order valence-electron chi connectivity index (χ2n) is 4.21. The molecule has 0 saturated heterocycles. The zero-order valence-electron chi connectivity index (χ0n) is 18.6. The van der Waals surface area contributed by atoms with Crippen molar-refractivity contribution in [2.75, 3.05) is 40.3 Å². The average Bonchev–Trinajstić information content (AvgIpc) is 2.35. The van der Waals surface area contributed by atoms with E-state index in [0.29, 0.717) is 0 Å². The van der Waals surface area contributed by atoms with Gasteiger partial charge >= 0.3 is 106 Å². The number of likely N-dealkylation sites (N-methyl/N-ethyl adjacent to an activating group) is 2. The number of carbonyl (C=O) groups excluding carboxylic acids is 4. The number of carbonyl (C=O) groups is 4. The quantitative estimate of drug-likeness (QED) is 0.227. The van der Waals surface area contributed by atoms with E-state index in [9.17, 15) is 39.6 Å². The van der Waals surface area contributed by atoms with E-state index in [1.165, 1.54) is 14.1 Å². The third-order valence-electron chi connectivity index (χ3n) is 1.60. The molecule has 0 aliphatic heterocycles. The molecule has 0 amide bonds. The van der Waals surface area contributed by atoms with E-state index in [4.69, 9.17) is 23.3 Å². The Hall–Kier alpha value is 1.58. The molecule has 0 aromatic carbocycles. The predicted octanol–water partition coefficient (Wildman–Crippen LogP) is -23.9. The molecule has 0 aliphatic rings. The van der Waals surface area contributed by atoms with Crippen LogP contribution in [-0.4, -0.2) is 90.4 Å². The van der Waals surface area contributed by atoms with Gasteiger partial charge in [-0.25, -0.2) is 30.5 Å². The summed E-state index contributed by atoms with van der Waals surface area (Å²) in [5.41, 5.74) is 0. The first-order chi connectivity index (χ1) is 12.0. The van der Waals surface area contributed by atoms with Crippen molar-refractivity contribution in [3.8, 4) is 0 Å². The first-order valence-electron chi connectivity index (χ1n) is 5.98. The van der Waals surface area contributed by atoms with Crippen LogP contribution in [0.5, 0.6) is 0 Å². The molecule has 191 valence electrons. The van der Waals surface area contributed by atoms with Gasteiger partial charge in [-0.15, -0.1) is 10.2 Å². The minimum Gasteiger partial charge on any atom is -0.769 e. The Morgan fingerprint density at radius 1 is 0.588 bits per heavy atom. The van der Waals surface area contributed by atoms with Gasteiger partial charge < -0.3 is 60.7 Å². The minimum absolute atomic E-state index is 0. The Morgan fingerprint density at radius 3 is 0.735 bits per heavy atom. The summed E-state index contributed by atoms with van der Waals surface area (Å²) in [6, 6.07) is 0. The summed E-state index contributed by atoms with van der Waals surface area (Å²) < 4.78 is 41.7. The molecule has 18 nitrogen and oxygen atoms in total. The Bertz CT molecular complexity index is 395. The summed E-state index contributed by atoms with van der Waals surface area (Å²) >= 11 is 3.39. The second-order valence-corrected chi connectivity index (χ2v) is 4.97. The molecule has 24 heteroatoms. The van der Waals surface area contributed by atoms with Crippen molar-refractivity contribution in [2.24, 2.45) is 0 Å². The molecular weight excluding hydrogens is 600 g/mol. The number of carboxylic acid groups (broad SMARTS) is 4. The van der Waals surface area contributed by atoms with E-state index < -0.39 is 60.3 Å². The molecule has 0 bridgehead atoms. The van der Waals surface area contributed by atoms with Crippen molar-refractivity contribution in [2.45, 2.75) is 0 Å². The van der Waals surface area contributed by atoms with Gasteiger partial charge in [0.2, 0.25) is 0 Å². The van der Waals surface area contributed by atoms with Gasteiger partial charge in [0, 0.05) is 26.2 Å². The normalized spacial score (nSPS) is 7.71. The maximum absolute atomic E-state index is 9.83. The van der Waals surface area contributed by atoms with Crippen molar-refractivity contribution < 1.29 is 195 Å². The summed E-state index contributed by atoms with van der Waals surface area (Å²) in [6.07, 6.45) is 0. The van der Waals surface area contributed by atoms with Crippen molar-refractivity contribution in [1.82, 2.24) is 9.80 Å². The SMILES string of the molecule is CN(CC(=O)[O-])CC(=O)[O-].CN(CC(=O)[O-])CC(=O)[O-].O.O.O.[Fe+3].[Na+].[Na+].[Na+].[O-]Cl.[O-][Cl+3]([O-])([O-])[O-]. The number of aliphatic carboxylic acids is 4. The average molecular weight is 620 g/mol. The van der Waals surface area contributed by atoms with Gasteiger partial charge in [0.15, 0.2) is 0 Å². The van der Waals surface area contributed by atoms with E-state index in [2.05, 4.69) is 11.9 Å². The number of hydrogen-bond acceptors (Lipinski definition) is 15. The first kappa shape index (κ1) is 70.4. The van der Waals surface area contributed by atoms with Crippen LogP contribution in [0.25, 0.3) is 0 Å². The Labute approximate surface area is 278 Å². The largest absolute Gasteiger partial charge is 3.00 e. The van der Waals surface area contributed by atoms with Gasteiger partial charge in [-0.3, -0.25) is 9.80 Å². The first-order valence-corrected chi connectivity index (χ1v) is 7.52. The van der Waals surface area contributed by atoms with Crippen LogP contribution in [0.1, 0.15) is 0 Å². The van der Waals surface area contributed by atoms with Crippen LogP contribution in [-0.2, 0) is 36.2 Å². The van der Waals surface area contributed by atoms with E-state index in [1.54, 1.807) is 0 Å². The summed E-state index contributed by atoms with van der Waals surface area (Å²) in [5, 5.41) is 39.3. The Kier molecular flexibility index (Phi) is 92.3. The third-order valence-corrected chi connectivity index (χ3v) is 1.60. The van der Waals surface area contributed by atoms with Gasteiger partial charge in [0.1, 0.15) is 0 Å². The molecule has 0 rings (SSSR count). The number of halogens is 2. The molecule has 0 fully saturated rings. The van der Waals surface area contributed by atoms with E-state index in [1.807, 2.05) is 0 Å². The Morgan fingerprint density at radius 2 is 0.676 bits per heavy atom. The number of carboxylic acids is 4.